The van der Waals surface area contributed by atoms with Crippen LogP contribution in [0.5, 0.6) is 0 Å². The highest BCUT2D eigenvalue weighted by Gasteiger charge is 2.30. The molecule has 1 unspecified atom stereocenters. The molecule has 0 aliphatic heterocycles. The molecule has 0 radical (unpaired) electrons. The Balaban J connectivity index is 1.97. The van der Waals surface area contributed by atoms with E-state index in [4.69, 9.17) is 9.15 Å². The maximum atomic E-state index is 12.4. The molecule has 4 nitrogen and oxygen atoms in total. The van der Waals surface area contributed by atoms with E-state index in [0.717, 1.165) is 24.3 Å². The summed E-state index contributed by atoms with van der Waals surface area (Å²) in [5, 5.41) is 2.59. The number of methoxy groups -OCH3 is 1. The van der Waals surface area contributed by atoms with Gasteiger partial charge in [-0.15, -0.1) is 0 Å². The van der Waals surface area contributed by atoms with Crippen LogP contribution in [0.4, 0.5) is 13.2 Å². The molecule has 22 heavy (non-hydrogen) atoms. The molecule has 1 aromatic heterocycles. The Morgan fingerprint density at radius 3 is 2.45 bits per heavy atom. The first kappa shape index (κ1) is 16.1. The average molecular weight is 313 g/mol. The van der Waals surface area contributed by atoms with Crippen LogP contribution in [-0.2, 0) is 10.9 Å². The average Bonchev–Trinajstić information content (AvgIpc) is 3.01. The smallest absolute Gasteiger partial charge is 0.416 e. The van der Waals surface area contributed by atoms with Gasteiger partial charge in [0.1, 0.15) is 11.9 Å². The van der Waals surface area contributed by atoms with E-state index in [-0.39, 0.29) is 12.1 Å². The zero-order valence-electron chi connectivity index (χ0n) is 11.7. The molecule has 1 atom stereocenters. The van der Waals surface area contributed by atoms with Crippen molar-refractivity contribution in [1.29, 1.82) is 0 Å². The fourth-order valence-corrected chi connectivity index (χ4v) is 1.87. The van der Waals surface area contributed by atoms with Gasteiger partial charge in [-0.1, -0.05) is 0 Å². The minimum absolute atomic E-state index is 0.141. The summed E-state index contributed by atoms with van der Waals surface area (Å²) in [6, 6.07) is 7.40. The molecule has 2 aromatic rings. The molecule has 1 heterocycles. The van der Waals surface area contributed by atoms with Gasteiger partial charge < -0.3 is 14.5 Å². The molecule has 0 saturated carbocycles. The van der Waals surface area contributed by atoms with Crippen LogP contribution in [0.15, 0.2) is 47.1 Å². The van der Waals surface area contributed by atoms with Crippen molar-refractivity contribution in [3.63, 3.8) is 0 Å². The summed E-state index contributed by atoms with van der Waals surface area (Å²) < 4.78 is 47.7. The fraction of sp³-hybridized carbons (Fsp3) is 0.267. The number of amides is 1. The Hall–Kier alpha value is -2.28. The van der Waals surface area contributed by atoms with E-state index in [1.807, 2.05) is 0 Å². The largest absolute Gasteiger partial charge is 0.467 e. The van der Waals surface area contributed by atoms with Gasteiger partial charge in [-0.2, -0.15) is 13.2 Å². The molecule has 0 aliphatic carbocycles. The van der Waals surface area contributed by atoms with Crippen LogP contribution in [0, 0.1) is 0 Å². The van der Waals surface area contributed by atoms with Crippen molar-refractivity contribution in [2.24, 2.45) is 0 Å². The van der Waals surface area contributed by atoms with Gasteiger partial charge in [0.25, 0.3) is 5.91 Å². The molecular formula is C15H14F3NO3. The van der Waals surface area contributed by atoms with Crippen LogP contribution in [0.1, 0.15) is 27.8 Å². The zero-order chi connectivity index (χ0) is 16.2. The van der Waals surface area contributed by atoms with Gasteiger partial charge >= 0.3 is 6.18 Å². The van der Waals surface area contributed by atoms with E-state index in [9.17, 15) is 18.0 Å². The Bertz CT molecular complexity index is 606. The number of ether oxygens (including phenoxy) is 1. The van der Waals surface area contributed by atoms with Gasteiger partial charge in [-0.25, -0.2) is 0 Å². The van der Waals surface area contributed by atoms with Gasteiger partial charge in [0, 0.05) is 12.7 Å². The number of benzene rings is 1. The van der Waals surface area contributed by atoms with Crippen LogP contribution in [0.3, 0.4) is 0 Å². The van der Waals surface area contributed by atoms with Gasteiger partial charge in [0.2, 0.25) is 0 Å². The predicted molar refractivity (Wildman–Crippen MR) is 72.2 cm³/mol. The van der Waals surface area contributed by atoms with E-state index < -0.39 is 23.8 Å². The highest BCUT2D eigenvalue weighted by Crippen LogP contribution is 2.29. The van der Waals surface area contributed by atoms with Crippen LogP contribution in [0.25, 0.3) is 0 Å². The van der Waals surface area contributed by atoms with Crippen molar-refractivity contribution in [3.8, 4) is 0 Å². The Morgan fingerprint density at radius 1 is 1.27 bits per heavy atom. The first-order valence-corrected chi connectivity index (χ1v) is 6.43. The molecule has 0 aliphatic rings. The molecule has 0 saturated heterocycles. The monoisotopic (exact) mass is 313 g/mol. The molecule has 2 rings (SSSR count). The zero-order valence-corrected chi connectivity index (χ0v) is 11.7. The molecule has 1 N–H and O–H groups in total. The lowest BCUT2D eigenvalue weighted by Crippen LogP contribution is -2.29. The Kier molecular flexibility index (Phi) is 4.87. The van der Waals surface area contributed by atoms with Crippen LogP contribution in [0.2, 0.25) is 0 Å². The number of carbonyl (C=O) groups is 1. The highest BCUT2D eigenvalue weighted by molar-refractivity contribution is 5.94. The SMILES string of the molecule is COC(CNC(=O)c1ccc(C(F)(F)F)cc1)c1ccco1. The summed E-state index contributed by atoms with van der Waals surface area (Å²) in [5.74, 6) is 0.0672. The second-order valence-electron chi connectivity index (χ2n) is 4.52. The van der Waals surface area contributed by atoms with E-state index in [0.29, 0.717) is 5.76 Å². The number of rotatable bonds is 5. The number of furan rings is 1. The van der Waals surface area contributed by atoms with E-state index in [1.54, 1.807) is 12.1 Å². The third kappa shape index (κ3) is 3.88. The summed E-state index contributed by atoms with van der Waals surface area (Å²) in [4.78, 5) is 11.9. The third-order valence-corrected chi connectivity index (χ3v) is 3.07. The maximum Gasteiger partial charge on any atom is 0.416 e. The van der Waals surface area contributed by atoms with Crippen molar-refractivity contribution in [2.45, 2.75) is 12.3 Å². The lowest BCUT2D eigenvalue weighted by molar-refractivity contribution is -0.137. The minimum atomic E-state index is -4.42. The molecule has 1 amide bonds. The topological polar surface area (TPSA) is 51.5 Å². The fourth-order valence-electron chi connectivity index (χ4n) is 1.87. The molecule has 0 bridgehead atoms. The summed E-state index contributed by atoms with van der Waals surface area (Å²) in [6.45, 7) is 0.143. The van der Waals surface area contributed by atoms with Gasteiger partial charge in [0.05, 0.1) is 18.4 Å². The number of nitrogens with one attached hydrogen (secondary N) is 1. The molecular weight excluding hydrogens is 299 g/mol. The second-order valence-corrected chi connectivity index (χ2v) is 4.52. The van der Waals surface area contributed by atoms with Crippen molar-refractivity contribution in [2.75, 3.05) is 13.7 Å². The van der Waals surface area contributed by atoms with Crippen LogP contribution < -0.4 is 5.32 Å². The minimum Gasteiger partial charge on any atom is -0.467 e. The lowest BCUT2D eigenvalue weighted by atomic mass is 10.1. The van der Waals surface area contributed by atoms with Crippen molar-refractivity contribution >= 4 is 5.91 Å². The number of hydrogen-bond donors (Lipinski definition) is 1. The summed E-state index contributed by atoms with van der Waals surface area (Å²) >= 11 is 0. The molecule has 7 heteroatoms. The maximum absolute atomic E-state index is 12.4. The number of hydrogen-bond acceptors (Lipinski definition) is 3. The van der Waals surface area contributed by atoms with Crippen molar-refractivity contribution in [1.82, 2.24) is 5.32 Å². The first-order chi connectivity index (χ1) is 10.4. The summed E-state index contributed by atoms with van der Waals surface area (Å²) in [6.07, 6.45) is -3.40. The number of halogens is 3. The lowest BCUT2D eigenvalue weighted by Gasteiger charge is -2.14. The number of alkyl halides is 3. The summed E-state index contributed by atoms with van der Waals surface area (Å²) in [5.41, 5.74) is -0.656. The Morgan fingerprint density at radius 2 is 1.95 bits per heavy atom. The number of carbonyl (C=O) groups excluding carboxylic acids is 1. The van der Waals surface area contributed by atoms with Crippen molar-refractivity contribution in [3.05, 3.63) is 59.5 Å². The third-order valence-electron chi connectivity index (χ3n) is 3.07. The first-order valence-electron chi connectivity index (χ1n) is 6.43. The van der Waals surface area contributed by atoms with Crippen molar-refractivity contribution < 1.29 is 27.1 Å². The van der Waals surface area contributed by atoms with E-state index in [1.165, 1.54) is 13.4 Å². The molecule has 118 valence electrons. The van der Waals surface area contributed by atoms with Crippen LogP contribution >= 0.6 is 0 Å². The van der Waals surface area contributed by atoms with Gasteiger partial charge in [0.15, 0.2) is 0 Å². The van der Waals surface area contributed by atoms with Gasteiger partial charge in [-0.05, 0) is 36.4 Å². The standard InChI is InChI=1S/C15H14F3NO3/c1-21-13(12-3-2-8-22-12)9-19-14(20)10-4-6-11(7-5-10)15(16,17)18/h2-8,13H,9H2,1H3,(H,19,20). The quantitative estimate of drug-likeness (QED) is 0.920. The molecule has 0 spiro atoms. The molecule has 1 aromatic carbocycles. The highest BCUT2D eigenvalue weighted by atomic mass is 19.4. The normalized spacial score (nSPS) is 12.9. The summed E-state index contributed by atoms with van der Waals surface area (Å²) in [7, 11) is 1.47. The Labute approximate surface area is 124 Å². The predicted octanol–water partition coefficient (Wildman–Crippen LogP) is 3.42. The van der Waals surface area contributed by atoms with Crippen LogP contribution in [-0.4, -0.2) is 19.6 Å². The van der Waals surface area contributed by atoms with E-state index >= 15 is 0 Å². The van der Waals surface area contributed by atoms with Gasteiger partial charge in [-0.3, -0.25) is 4.79 Å². The second kappa shape index (κ2) is 6.65. The molecule has 0 fully saturated rings. The van der Waals surface area contributed by atoms with E-state index in [2.05, 4.69) is 5.32 Å².